The van der Waals surface area contributed by atoms with E-state index in [4.69, 9.17) is 16.3 Å². The fraction of sp³-hybridized carbons (Fsp3) is 0.500. The Morgan fingerprint density at radius 1 is 1.33 bits per heavy atom. The molecule has 24 heavy (non-hydrogen) atoms. The Hall–Kier alpha value is -1.73. The number of pyridine rings is 1. The first-order valence-corrected chi connectivity index (χ1v) is 9.06. The van der Waals surface area contributed by atoms with Gasteiger partial charge >= 0.3 is 5.97 Å². The molecule has 2 aromatic rings. The van der Waals surface area contributed by atoms with Crippen LogP contribution in [0, 0.1) is 5.92 Å². The number of nitrogens with zero attached hydrogens (tertiary/aromatic N) is 3. The number of hydrogen-bond donors (Lipinski definition) is 1. The SMILES string of the molecule is CNc1cc(Cl)ncc1-c1nnc(C2CCC(C(=O)OC)CC2)s1. The van der Waals surface area contributed by atoms with Crippen LogP contribution in [0.1, 0.15) is 36.6 Å². The third-order valence-electron chi connectivity index (χ3n) is 4.42. The van der Waals surface area contributed by atoms with Crippen LogP contribution in [-0.4, -0.2) is 35.3 Å². The Kier molecular flexibility index (Phi) is 5.30. The van der Waals surface area contributed by atoms with Crippen molar-refractivity contribution in [3.8, 4) is 10.6 Å². The molecule has 1 N–H and O–H groups in total. The lowest BCUT2D eigenvalue weighted by molar-refractivity contribution is -0.146. The second kappa shape index (κ2) is 7.44. The largest absolute Gasteiger partial charge is 0.469 e. The first-order valence-electron chi connectivity index (χ1n) is 7.87. The Balaban J connectivity index is 1.74. The lowest BCUT2D eigenvalue weighted by atomic mass is 9.82. The number of methoxy groups -OCH3 is 1. The number of anilines is 1. The average Bonchev–Trinajstić information content (AvgIpc) is 3.10. The molecule has 0 radical (unpaired) electrons. The van der Waals surface area contributed by atoms with Crippen molar-refractivity contribution in [2.75, 3.05) is 19.5 Å². The number of esters is 1. The van der Waals surface area contributed by atoms with E-state index in [0.29, 0.717) is 11.1 Å². The van der Waals surface area contributed by atoms with E-state index in [1.165, 1.54) is 7.11 Å². The van der Waals surface area contributed by atoms with Crippen LogP contribution in [0.5, 0.6) is 0 Å². The molecule has 0 atom stereocenters. The highest BCUT2D eigenvalue weighted by Crippen LogP contribution is 2.40. The first-order chi connectivity index (χ1) is 11.6. The van der Waals surface area contributed by atoms with E-state index in [2.05, 4.69) is 20.5 Å². The van der Waals surface area contributed by atoms with Crippen LogP contribution < -0.4 is 5.32 Å². The zero-order chi connectivity index (χ0) is 17.1. The van der Waals surface area contributed by atoms with E-state index < -0.39 is 0 Å². The average molecular weight is 367 g/mol. The van der Waals surface area contributed by atoms with E-state index in [0.717, 1.165) is 46.9 Å². The maximum absolute atomic E-state index is 11.6. The van der Waals surface area contributed by atoms with Crippen LogP contribution >= 0.6 is 22.9 Å². The molecule has 1 fully saturated rings. The van der Waals surface area contributed by atoms with Gasteiger partial charge in [-0.05, 0) is 31.7 Å². The molecule has 0 saturated heterocycles. The Bertz CT molecular complexity index is 729. The number of ether oxygens (including phenoxy) is 1. The van der Waals surface area contributed by atoms with Crippen LogP contribution in [-0.2, 0) is 9.53 Å². The number of aromatic nitrogens is 3. The van der Waals surface area contributed by atoms with Gasteiger partial charge in [-0.2, -0.15) is 0 Å². The summed E-state index contributed by atoms with van der Waals surface area (Å²) in [5.41, 5.74) is 1.78. The van der Waals surface area contributed by atoms with Gasteiger partial charge in [0.1, 0.15) is 10.2 Å². The van der Waals surface area contributed by atoms with Crippen LogP contribution in [0.4, 0.5) is 5.69 Å². The standard InChI is InChI=1S/C16H19ClN4O2S/c1-18-12-7-13(17)19-8-11(12)15-21-20-14(24-15)9-3-5-10(6-4-9)16(22)23-2/h7-10H,3-6H2,1-2H3,(H,18,19). The normalized spacial score (nSPS) is 20.6. The van der Waals surface area contributed by atoms with E-state index in [1.807, 2.05) is 7.05 Å². The summed E-state index contributed by atoms with van der Waals surface area (Å²) < 4.78 is 4.84. The van der Waals surface area contributed by atoms with Crippen molar-refractivity contribution in [1.29, 1.82) is 0 Å². The number of hydrogen-bond acceptors (Lipinski definition) is 7. The highest BCUT2D eigenvalue weighted by molar-refractivity contribution is 7.14. The van der Waals surface area contributed by atoms with E-state index in [-0.39, 0.29) is 11.9 Å². The molecular formula is C16H19ClN4O2S. The van der Waals surface area contributed by atoms with Gasteiger partial charge in [-0.25, -0.2) is 4.98 Å². The smallest absolute Gasteiger partial charge is 0.308 e. The monoisotopic (exact) mass is 366 g/mol. The van der Waals surface area contributed by atoms with Gasteiger partial charge in [0.25, 0.3) is 0 Å². The third kappa shape index (κ3) is 3.52. The minimum absolute atomic E-state index is 0.0231. The van der Waals surface area contributed by atoms with Gasteiger partial charge in [-0.3, -0.25) is 4.79 Å². The van der Waals surface area contributed by atoms with Gasteiger partial charge < -0.3 is 10.1 Å². The van der Waals surface area contributed by atoms with Crippen molar-refractivity contribution < 1.29 is 9.53 Å². The Morgan fingerprint density at radius 3 is 2.75 bits per heavy atom. The lowest BCUT2D eigenvalue weighted by Crippen LogP contribution is -2.22. The fourth-order valence-electron chi connectivity index (χ4n) is 3.06. The number of nitrogens with one attached hydrogen (secondary N) is 1. The molecule has 2 heterocycles. The third-order valence-corrected chi connectivity index (χ3v) is 5.75. The van der Waals surface area contributed by atoms with Crippen molar-refractivity contribution >= 4 is 34.6 Å². The number of halogens is 1. The van der Waals surface area contributed by atoms with Crippen molar-refractivity contribution in [2.24, 2.45) is 5.92 Å². The number of carbonyl (C=O) groups excluding carboxylic acids is 1. The second-order valence-corrected chi connectivity index (χ2v) is 7.22. The van der Waals surface area contributed by atoms with Crippen LogP contribution in [0.2, 0.25) is 5.15 Å². The molecule has 128 valence electrons. The van der Waals surface area contributed by atoms with Crippen LogP contribution in [0.25, 0.3) is 10.6 Å². The molecule has 1 aliphatic carbocycles. The quantitative estimate of drug-likeness (QED) is 0.656. The van der Waals surface area contributed by atoms with Crippen LogP contribution in [0.3, 0.4) is 0 Å². The summed E-state index contributed by atoms with van der Waals surface area (Å²) in [5, 5.41) is 14.1. The molecule has 0 spiro atoms. The van der Waals surface area contributed by atoms with Crippen molar-refractivity contribution in [3.63, 3.8) is 0 Å². The Labute approximate surface area is 149 Å². The fourth-order valence-corrected chi connectivity index (χ4v) is 4.25. The molecular weight excluding hydrogens is 348 g/mol. The molecule has 3 rings (SSSR count). The summed E-state index contributed by atoms with van der Waals surface area (Å²) in [6, 6.07) is 1.78. The summed E-state index contributed by atoms with van der Waals surface area (Å²) in [4.78, 5) is 15.8. The van der Waals surface area contributed by atoms with E-state index >= 15 is 0 Å². The molecule has 2 aromatic heterocycles. The summed E-state index contributed by atoms with van der Waals surface area (Å²) >= 11 is 7.52. The molecule has 0 bridgehead atoms. The van der Waals surface area contributed by atoms with Gasteiger partial charge in [0, 0.05) is 24.8 Å². The van der Waals surface area contributed by atoms with Gasteiger partial charge in [-0.1, -0.05) is 22.9 Å². The number of rotatable bonds is 4. The highest BCUT2D eigenvalue weighted by atomic mass is 35.5. The molecule has 8 heteroatoms. The molecule has 0 aliphatic heterocycles. The zero-order valence-corrected chi connectivity index (χ0v) is 15.2. The van der Waals surface area contributed by atoms with E-state index in [9.17, 15) is 4.79 Å². The molecule has 1 saturated carbocycles. The Morgan fingerprint density at radius 2 is 2.08 bits per heavy atom. The lowest BCUT2D eigenvalue weighted by Gasteiger charge is -2.25. The number of carbonyl (C=O) groups is 1. The minimum Gasteiger partial charge on any atom is -0.469 e. The molecule has 0 unspecified atom stereocenters. The highest BCUT2D eigenvalue weighted by Gasteiger charge is 2.29. The van der Waals surface area contributed by atoms with E-state index in [1.54, 1.807) is 23.6 Å². The topological polar surface area (TPSA) is 77.0 Å². The summed E-state index contributed by atoms with van der Waals surface area (Å²) in [6.45, 7) is 0. The minimum atomic E-state index is -0.0997. The maximum Gasteiger partial charge on any atom is 0.308 e. The summed E-state index contributed by atoms with van der Waals surface area (Å²) in [7, 11) is 3.29. The predicted octanol–water partition coefficient (Wildman–Crippen LogP) is 3.74. The van der Waals surface area contributed by atoms with Crippen molar-refractivity contribution in [1.82, 2.24) is 15.2 Å². The summed E-state index contributed by atoms with van der Waals surface area (Å²) in [5.74, 6) is 0.280. The van der Waals surface area contributed by atoms with Gasteiger partial charge in [-0.15, -0.1) is 10.2 Å². The molecule has 1 aliphatic rings. The molecule has 6 nitrogen and oxygen atoms in total. The maximum atomic E-state index is 11.6. The first kappa shape index (κ1) is 17.1. The molecule has 0 aromatic carbocycles. The summed E-state index contributed by atoms with van der Waals surface area (Å²) in [6.07, 6.45) is 5.28. The van der Waals surface area contributed by atoms with Crippen LogP contribution in [0.15, 0.2) is 12.3 Å². The zero-order valence-electron chi connectivity index (χ0n) is 13.6. The van der Waals surface area contributed by atoms with Gasteiger partial charge in [0.05, 0.1) is 18.6 Å². The van der Waals surface area contributed by atoms with Gasteiger partial charge in [0.15, 0.2) is 5.01 Å². The second-order valence-electron chi connectivity index (χ2n) is 5.82. The van der Waals surface area contributed by atoms with Crippen molar-refractivity contribution in [3.05, 3.63) is 22.4 Å². The van der Waals surface area contributed by atoms with Gasteiger partial charge in [0.2, 0.25) is 0 Å². The molecule has 0 amide bonds. The predicted molar refractivity (Wildman–Crippen MR) is 94.4 cm³/mol. The van der Waals surface area contributed by atoms with Crippen molar-refractivity contribution in [2.45, 2.75) is 31.6 Å².